The molecule has 10 heavy (non-hydrogen) atoms. The predicted octanol–water partition coefficient (Wildman–Crippen LogP) is 1.95. The highest BCUT2D eigenvalue weighted by atomic mass is 35.5. The second kappa shape index (κ2) is 2.80. The molecule has 1 aromatic rings. The van der Waals surface area contributed by atoms with Gasteiger partial charge in [0.05, 0.1) is 0 Å². The summed E-state index contributed by atoms with van der Waals surface area (Å²) in [5.74, 6) is 0. The summed E-state index contributed by atoms with van der Waals surface area (Å²) in [7, 11) is 0. The average molecular weight is 155 g/mol. The van der Waals surface area contributed by atoms with Gasteiger partial charge in [-0.05, 0) is 18.6 Å². The van der Waals surface area contributed by atoms with Crippen molar-refractivity contribution in [3.05, 3.63) is 29.6 Å². The number of aromatic nitrogens is 1. The highest BCUT2D eigenvalue weighted by molar-refractivity contribution is 6.68. The molecular formula is C7H7ClN2. The van der Waals surface area contributed by atoms with Crippen LogP contribution in [0.25, 0.3) is 0 Å². The molecule has 1 aromatic heterocycles. The van der Waals surface area contributed by atoms with Crippen molar-refractivity contribution >= 4 is 16.8 Å². The molecule has 0 saturated heterocycles. The molecular weight excluding hydrogens is 148 g/mol. The van der Waals surface area contributed by atoms with Crippen LogP contribution in [0.3, 0.4) is 0 Å². The van der Waals surface area contributed by atoms with Crippen molar-refractivity contribution < 1.29 is 0 Å². The first-order valence-corrected chi connectivity index (χ1v) is 3.25. The summed E-state index contributed by atoms with van der Waals surface area (Å²) in [4.78, 5) is 3.92. The van der Waals surface area contributed by atoms with Gasteiger partial charge in [-0.15, -0.1) is 0 Å². The van der Waals surface area contributed by atoms with E-state index in [9.17, 15) is 0 Å². The normalized spacial score (nSPS) is 9.40. The highest BCUT2D eigenvalue weighted by Crippen LogP contribution is 2.05. The summed E-state index contributed by atoms with van der Waals surface area (Å²) < 4.78 is 0. The Morgan fingerprint density at radius 1 is 1.70 bits per heavy atom. The van der Waals surface area contributed by atoms with Crippen molar-refractivity contribution in [2.45, 2.75) is 6.92 Å². The fraction of sp³-hybridized carbons (Fsp3) is 0.143. The van der Waals surface area contributed by atoms with Crippen LogP contribution in [-0.2, 0) is 0 Å². The molecule has 0 aromatic carbocycles. The van der Waals surface area contributed by atoms with Crippen LogP contribution in [0.4, 0.5) is 0 Å². The first kappa shape index (κ1) is 7.22. The van der Waals surface area contributed by atoms with E-state index in [1.54, 1.807) is 6.20 Å². The zero-order chi connectivity index (χ0) is 7.56. The molecule has 1 N–H and O–H groups in total. The molecule has 0 aliphatic rings. The molecule has 0 saturated carbocycles. The number of rotatable bonds is 1. The van der Waals surface area contributed by atoms with Gasteiger partial charge < -0.3 is 0 Å². The Morgan fingerprint density at radius 3 is 2.80 bits per heavy atom. The molecule has 0 spiro atoms. The van der Waals surface area contributed by atoms with Crippen molar-refractivity contribution in [1.29, 1.82) is 5.41 Å². The lowest BCUT2D eigenvalue weighted by atomic mass is 10.2. The topological polar surface area (TPSA) is 36.7 Å². The number of hydrogen-bond acceptors (Lipinski definition) is 2. The summed E-state index contributed by atoms with van der Waals surface area (Å²) >= 11 is 5.43. The highest BCUT2D eigenvalue weighted by Gasteiger charge is 2.00. The fourth-order valence-corrected chi connectivity index (χ4v) is 0.913. The summed E-state index contributed by atoms with van der Waals surface area (Å²) in [6.07, 6.45) is 1.62. The third-order valence-corrected chi connectivity index (χ3v) is 1.40. The molecule has 0 atom stereocenters. The molecule has 0 aliphatic carbocycles. The molecule has 0 fully saturated rings. The number of hydrogen-bond donors (Lipinski definition) is 1. The van der Waals surface area contributed by atoms with Crippen LogP contribution in [0, 0.1) is 12.3 Å². The second-order valence-electron chi connectivity index (χ2n) is 1.98. The van der Waals surface area contributed by atoms with E-state index in [1.807, 2.05) is 19.1 Å². The Labute approximate surface area is 64.4 Å². The van der Waals surface area contributed by atoms with Crippen molar-refractivity contribution in [3.8, 4) is 0 Å². The molecule has 3 heteroatoms. The standard InChI is InChI=1S/C7H7ClN2/c1-5-3-2-4-10-6(5)7(8)9/h2-4,9H,1H3. The van der Waals surface area contributed by atoms with Gasteiger partial charge in [0, 0.05) is 6.20 Å². The van der Waals surface area contributed by atoms with Crippen LogP contribution in [0.2, 0.25) is 0 Å². The largest absolute Gasteiger partial charge is 0.287 e. The van der Waals surface area contributed by atoms with Crippen LogP contribution >= 0.6 is 11.6 Å². The lowest BCUT2D eigenvalue weighted by Gasteiger charge is -1.97. The lowest BCUT2D eigenvalue weighted by molar-refractivity contribution is 1.23. The summed E-state index contributed by atoms with van der Waals surface area (Å²) in [6.45, 7) is 1.87. The maximum atomic E-state index is 7.08. The van der Waals surface area contributed by atoms with Crippen molar-refractivity contribution in [3.63, 3.8) is 0 Å². The first-order valence-electron chi connectivity index (χ1n) is 2.88. The van der Waals surface area contributed by atoms with Crippen molar-refractivity contribution in [2.24, 2.45) is 0 Å². The van der Waals surface area contributed by atoms with Crippen LogP contribution < -0.4 is 0 Å². The maximum Gasteiger partial charge on any atom is 0.147 e. The van der Waals surface area contributed by atoms with Gasteiger partial charge in [-0.3, -0.25) is 10.4 Å². The number of pyridine rings is 1. The van der Waals surface area contributed by atoms with Gasteiger partial charge in [-0.2, -0.15) is 0 Å². The van der Waals surface area contributed by atoms with Gasteiger partial charge in [-0.1, -0.05) is 17.7 Å². The summed E-state index contributed by atoms with van der Waals surface area (Å²) in [5.41, 5.74) is 1.49. The number of halogens is 1. The van der Waals surface area contributed by atoms with Crippen LogP contribution in [0.15, 0.2) is 18.3 Å². The zero-order valence-electron chi connectivity index (χ0n) is 5.56. The maximum absolute atomic E-state index is 7.08. The number of aryl methyl sites for hydroxylation is 1. The van der Waals surface area contributed by atoms with E-state index in [0.717, 1.165) is 5.56 Å². The van der Waals surface area contributed by atoms with Gasteiger partial charge in [0.2, 0.25) is 0 Å². The molecule has 0 amide bonds. The minimum absolute atomic E-state index is 0.00176. The van der Waals surface area contributed by atoms with Gasteiger partial charge in [0.15, 0.2) is 0 Å². The van der Waals surface area contributed by atoms with Gasteiger partial charge in [0.1, 0.15) is 10.9 Å². The SMILES string of the molecule is Cc1cccnc1C(=N)Cl. The smallest absolute Gasteiger partial charge is 0.147 e. The third-order valence-electron chi connectivity index (χ3n) is 1.22. The minimum atomic E-state index is -0.00176. The predicted molar refractivity (Wildman–Crippen MR) is 41.7 cm³/mol. The van der Waals surface area contributed by atoms with E-state index < -0.39 is 0 Å². The molecule has 0 bridgehead atoms. The first-order chi connectivity index (χ1) is 4.72. The second-order valence-corrected chi connectivity index (χ2v) is 2.36. The van der Waals surface area contributed by atoms with Crippen LogP contribution in [-0.4, -0.2) is 10.2 Å². The Hall–Kier alpha value is -0.890. The van der Waals surface area contributed by atoms with E-state index >= 15 is 0 Å². The minimum Gasteiger partial charge on any atom is -0.287 e. The quantitative estimate of drug-likeness (QED) is 0.617. The van der Waals surface area contributed by atoms with E-state index in [2.05, 4.69) is 4.98 Å². The number of nitrogens with one attached hydrogen (secondary N) is 1. The lowest BCUT2D eigenvalue weighted by Crippen LogP contribution is -1.95. The third kappa shape index (κ3) is 1.33. The van der Waals surface area contributed by atoms with Crippen LogP contribution in [0.1, 0.15) is 11.3 Å². The summed E-state index contributed by atoms with van der Waals surface area (Å²) in [6, 6.07) is 3.69. The molecule has 1 rings (SSSR count). The molecule has 0 unspecified atom stereocenters. The molecule has 52 valence electrons. The van der Waals surface area contributed by atoms with Crippen molar-refractivity contribution in [2.75, 3.05) is 0 Å². The fourth-order valence-electron chi connectivity index (χ4n) is 0.715. The molecule has 0 aliphatic heterocycles. The molecule has 2 nitrogen and oxygen atoms in total. The van der Waals surface area contributed by atoms with E-state index in [1.165, 1.54) is 0 Å². The van der Waals surface area contributed by atoms with E-state index in [0.29, 0.717) is 5.69 Å². The Balaban J connectivity index is 3.15. The molecule has 0 radical (unpaired) electrons. The van der Waals surface area contributed by atoms with E-state index in [4.69, 9.17) is 17.0 Å². The Kier molecular flexibility index (Phi) is 2.02. The monoisotopic (exact) mass is 154 g/mol. The average Bonchev–Trinajstić information content (AvgIpc) is 1.88. The van der Waals surface area contributed by atoms with Crippen molar-refractivity contribution in [1.82, 2.24) is 4.98 Å². The van der Waals surface area contributed by atoms with E-state index in [-0.39, 0.29) is 5.17 Å². The van der Waals surface area contributed by atoms with Gasteiger partial charge in [0.25, 0.3) is 0 Å². The molecule has 1 heterocycles. The van der Waals surface area contributed by atoms with Gasteiger partial charge >= 0.3 is 0 Å². The summed E-state index contributed by atoms with van der Waals surface area (Å²) in [5, 5.41) is 7.08. The Bertz CT molecular complexity index is 258. The zero-order valence-corrected chi connectivity index (χ0v) is 6.31. The van der Waals surface area contributed by atoms with Gasteiger partial charge in [-0.25, -0.2) is 0 Å². The van der Waals surface area contributed by atoms with Crippen LogP contribution in [0.5, 0.6) is 0 Å². The number of nitrogens with zero attached hydrogens (tertiary/aromatic N) is 1. The Morgan fingerprint density at radius 2 is 2.40 bits per heavy atom.